The molecule has 0 bridgehead atoms. The monoisotopic (exact) mass is 384 g/mol. The topological polar surface area (TPSA) is 33.2 Å². The van der Waals surface area contributed by atoms with Crippen molar-refractivity contribution in [3.8, 4) is 0 Å². The zero-order chi connectivity index (χ0) is 18.2. The first-order chi connectivity index (χ1) is 11.8. The molecular formula is C17H12ClF3N2OS. The van der Waals surface area contributed by atoms with E-state index >= 15 is 0 Å². The second-order valence-corrected chi connectivity index (χ2v) is 6.91. The van der Waals surface area contributed by atoms with Crippen LogP contribution in [0.5, 0.6) is 0 Å². The molecule has 3 nitrogen and oxygen atoms in total. The quantitative estimate of drug-likeness (QED) is 0.618. The molecule has 130 valence electrons. The number of carbonyl (C=O) groups is 1. The van der Waals surface area contributed by atoms with Crippen molar-refractivity contribution in [1.82, 2.24) is 9.88 Å². The molecule has 2 aromatic heterocycles. The molecule has 1 amide bonds. The highest BCUT2D eigenvalue weighted by Crippen LogP contribution is 2.39. The molecule has 25 heavy (non-hydrogen) atoms. The number of hydrogen-bond acceptors (Lipinski definition) is 3. The Kier molecular flexibility index (Phi) is 4.71. The van der Waals surface area contributed by atoms with Crippen LogP contribution in [0.2, 0.25) is 5.02 Å². The molecule has 3 aromatic rings. The van der Waals surface area contributed by atoms with Crippen LogP contribution in [0, 0.1) is 0 Å². The largest absolute Gasteiger partial charge is 0.416 e. The number of amides is 1. The molecule has 0 atom stereocenters. The summed E-state index contributed by atoms with van der Waals surface area (Å²) in [6.45, 7) is 0.324. The van der Waals surface area contributed by atoms with Crippen molar-refractivity contribution < 1.29 is 18.0 Å². The Morgan fingerprint density at radius 3 is 2.72 bits per heavy atom. The average molecular weight is 385 g/mol. The molecule has 1 aromatic carbocycles. The van der Waals surface area contributed by atoms with Crippen LogP contribution >= 0.6 is 22.9 Å². The number of thiophene rings is 1. The van der Waals surface area contributed by atoms with Crippen LogP contribution in [0.25, 0.3) is 10.1 Å². The maximum atomic E-state index is 12.8. The highest BCUT2D eigenvalue weighted by Gasteiger charge is 2.31. The maximum absolute atomic E-state index is 12.8. The number of halogens is 4. The van der Waals surface area contributed by atoms with Crippen molar-refractivity contribution in [2.45, 2.75) is 12.7 Å². The molecule has 0 saturated carbocycles. The van der Waals surface area contributed by atoms with E-state index < -0.39 is 11.7 Å². The third kappa shape index (κ3) is 3.62. The van der Waals surface area contributed by atoms with Crippen molar-refractivity contribution in [3.63, 3.8) is 0 Å². The average Bonchev–Trinajstić information content (AvgIpc) is 2.90. The Balaban J connectivity index is 1.92. The van der Waals surface area contributed by atoms with Gasteiger partial charge in [-0.3, -0.25) is 9.78 Å². The fourth-order valence-electron chi connectivity index (χ4n) is 2.39. The zero-order valence-corrected chi connectivity index (χ0v) is 14.5. The maximum Gasteiger partial charge on any atom is 0.416 e. The van der Waals surface area contributed by atoms with Gasteiger partial charge in [-0.1, -0.05) is 23.7 Å². The van der Waals surface area contributed by atoms with Gasteiger partial charge in [0.2, 0.25) is 0 Å². The summed E-state index contributed by atoms with van der Waals surface area (Å²) in [6, 6.07) is 6.88. The van der Waals surface area contributed by atoms with Gasteiger partial charge < -0.3 is 4.90 Å². The van der Waals surface area contributed by atoms with Gasteiger partial charge in [0.05, 0.1) is 10.6 Å². The van der Waals surface area contributed by atoms with Gasteiger partial charge in [-0.05, 0) is 23.8 Å². The summed E-state index contributed by atoms with van der Waals surface area (Å²) in [5.41, 5.74) is 0.0792. The van der Waals surface area contributed by atoms with E-state index in [0.717, 1.165) is 29.0 Å². The lowest BCUT2D eigenvalue weighted by molar-refractivity contribution is -0.137. The second-order valence-electron chi connectivity index (χ2n) is 5.48. The first kappa shape index (κ1) is 17.7. The highest BCUT2D eigenvalue weighted by molar-refractivity contribution is 7.21. The van der Waals surface area contributed by atoms with E-state index in [2.05, 4.69) is 4.98 Å². The van der Waals surface area contributed by atoms with Crippen molar-refractivity contribution >= 4 is 38.9 Å². The summed E-state index contributed by atoms with van der Waals surface area (Å²) in [5.74, 6) is -0.344. The fourth-order valence-corrected chi connectivity index (χ4v) is 3.94. The van der Waals surface area contributed by atoms with Crippen molar-refractivity contribution in [2.24, 2.45) is 0 Å². The summed E-state index contributed by atoms with van der Waals surface area (Å²) in [5, 5.41) is 0.620. The normalized spacial score (nSPS) is 11.7. The summed E-state index contributed by atoms with van der Waals surface area (Å²) >= 11 is 7.20. The Morgan fingerprint density at radius 1 is 1.32 bits per heavy atom. The molecule has 0 fully saturated rings. The van der Waals surface area contributed by atoms with Crippen LogP contribution in [0.3, 0.4) is 0 Å². The molecule has 0 aliphatic carbocycles. The van der Waals surface area contributed by atoms with Crippen LogP contribution in [0.1, 0.15) is 20.8 Å². The molecule has 3 rings (SSSR count). The lowest BCUT2D eigenvalue weighted by atomic mass is 10.1. The van der Waals surface area contributed by atoms with E-state index in [1.54, 1.807) is 25.5 Å². The van der Waals surface area contributed by atoms with Crippen molar-refractivity contribution in [1.29, 1.82) is 0 Å². The minimum absolute atomic E-state index is 0.178. The smallest absolute Gasteiger partial charge is 0.337 e. The summed E-state index contributed by atoms with van der Waals surface area (Å²) < 4.78 is 38.9. The van der Waals surface area contributed by atoms with Gasteiger partial charge in [0.1, 0.15) is 4.88 Å². The SMILES string of the molecule is CN(Cc1cccnc1)C(=O)c1sc2cc(C(F)(F)F)ccc2c1Cl. The predicted molar refractivity (Wildman–Crippen MR) is 91.9 cm³/mol. The van der Waals surface area contributed by atoms with Crippen LogP contribution in [-0.4, -0.2) is 22.8 Å². The van der Waals surface area contributed by atoms with E-state index in [1.807, 2.05) is 6.07 Å². The fraction of sp³-hybridized carbons (Fsp3) is 0.176. The molecule has 0 radical (unpaired) electrons. The lowest BCUT2D eigenvalue weighted by Gasteiger charge is -2.16. The van der Waals surface area contributed by atoms with Gasteiger partial charge in [-0.25, -0.2) is 0 Å². The number of aromatic nitrogens is 1. The summed E-state index contributed by atoms with van der Waals surface area (Å²) in [4.78, 5) is 18.3. The number of pyridine rings is 1. The first-order valence-electron chi connectivity index (χ1n) is 7.21. The van der Waals surface area contributed by atoms with Gasteiger partial charge in [0.15, 0.2) is 0 Å². The molecule has 0 saturated heterocycles. The molecule has 8 heteroatoms. The van der Waals surface area contributed by atoms with Crippen LogP contribution < -0.4 is 0 Å². The van der Waals surface area contributed by atoms with Crippen LogP contribution in [0.4, 0.5) is 13.2 Å². The molecule has 0 N–H and O–H groups in total. The molecule has 0 unspecified atom stereocenters. The zero-order valence-electron chi connectivity index (χ0n) is 13.0. The standard InChI is InChI=1S/C17H12ClF3N2OS/c1-23(9-10-3-2-6-22-8-10)16(24)15-14(18)12-5-4-11(17(19,20)21)7-13(12)25-15/h2-8H,9H2,1H3. The van der Waals surface area contributed by atoms with Gasteiger partial charge in [0, 0.05) is 36.1 Å². The van der Waals surface area contributed by atoms with E-state index in [4.69, 9.17) is 11.6 Å². The number of alkyl halides is 3. The summed E-state index contributed by atoms with van der Waals surface area (Å²) in [7, 11) is 1.61. The first-order valence-corrected chi connectivity index (χ1v) is 8.40. The molecular weight excluding hydrogens is 373 g/mol. The highest BCUT2D eigenvalue weighted by atomic mass is 35.5. The third-order valence-corrected chi connectivity index (χ3v) is 5.29. The van der Waals surface area contributed by atoms with E-state index in [1.165, 1.54) is 11.0 Å². The molecule has 0 aliphatic rings. The van der Waals surface area contributed by atoms with Gasteiger partial charge in [0.25, 0.3) is 5.91 Å². The van der Waals surface area contributed by atoms with Crippen molar-refractivity contribution in [3.05, 3.63) is 63.8 Å². The number of carbonyl (C=O) groups excluding carboxylic acids is 1. The van der Waals surface area contributed by atoms with Crippen molar-refractivity contribution in [2.75, 3.05) is 7.05 Å². The van der Waals surface area contributed by atoms with E-state index in [9.17, 15) is 18.0 Å². The Labute approximate surface area is 150 Å². The minimum Gasteiger partial charge on any atom is -0.337 e. The number of rotatable bonds is 3. The van der Waals surface area contributed by atoms with Gasteiger partial charge in [-0.15, -0.1) is 11.3 Å². The number of nitrogens with zero attached hydrogens (tertiary/aromatic N) is 2. The van der Waals surface area contributed by atoms with Gasteiger partial charge in [-0.2, -0.15) is 13.2 Å². The molecule has 0 spiro atoms. The number of fused-ring (bicyclic) bond motifs is 1. The van der Waals surface area contributed by atoms with Crippen LogP contribution in [-0.2, 0) is 12.7 Å². The van der Waals surface area contributed by atoms with E-state index in [0.29, 0.717) is 16.6 Å². The predicted octanol–water partition coefficient (Wildman–Crippen LogP) is 5.24. The lowest BCUT2D eigenvalue weighted by Crippen LogP contribution is -2.25. The van der Waals surface area contributed by atoms with Crippen LogP contribution in [0.15, 0.2) is 42.7 Å². The number of benzene rings is 1. The van der Waals surface area contributed by atoms with E-state index in [-0.39, 0.29) is 15.8 Å². The molecule has 2 heterocycles. The second kappa shape index (κ2) is 6.65. The Morgan fingerprint density at radius 2 is 2.08 bits per heavy atom. The minimum atomic E-state index is -4.44. The number of hydrogen-bond donors (Lipinski definition) is 0. The Bertz CT molecular complexity index is 925. The Hall–Kier alpha value is -2.12. The molecule has 0 aliphatic heterocycles. The third-order valence-electron chi connectivity index (χ3n) is 3.64. The van der Waals surface area contributed by atoms with Gasteiger partial charge >= 0.3 is 6.18 Å². The summed E-state index contributed by atoms with van der Waals surface area (Å²) in [6.07, 6.45) is -1.16.